The number of rotatable bonds is 6. The van der Waals surface area contributed by atoms with E-state index in [0.29, 0.717) is 6.42 Å². The largest absolute Gasteiger partial charge is 0.402 e. The maximum absolute atomic E-state index is 11.1. The Kier molecular flexibility index (Phi) is 7.32. The minimum atomic E-state index is -0.957. The summed E-state index contributed by atoms with van der Waals surface area (Å²) in [6.45, 7) is 2.04. The molecule has 0 aromatic carbocycles. The van der Waals surface area contributed by atoms with Crippen LogP contribution in [0.15, 0.2) is 0 Å². The molecule has 0 fully saturated rings. The highest BCUT2D eigenvalue weighted by Crippen LogP contribution is 2.04. The van der Waals surface area contributed by atoms with E-state index >= 15 is 0 Å². The minimum absolute atomic E-state index is 0.508. The first-order valence-electron chi connectivity index (χ1n) is 5.01. The van der Waals surface area contributed by atoms with Crippen molar-refractivity contribution in [2.75, 3.05) is 0 Å². The van der Waals surface area contributed by atoms with E-state index in [1.807, 2.05) is 12.2 Å². The number of primary amides is 1. The lowest BCUT2D eigenvalue weighted by Crippen LogP contribution is -2.46. The van der Waals surface area contributed by atoms with Crippen LogP contribution in [0.2, 0.25) is 0 Å². The molecule has 0 saturated carbocycles. The molecule has 0 aromatic heterocycles. The maximum atomic E-state index is 11.1. The van der Waals surface area contributed by atoms with Gasteiger partial charge in [0.05, 0.1) is 0 Å². The second kappa shape index (κ2) is 8.35. The molecule has 1 atom stereocenters. The van der Waals surface area contributed by atoms with Gasteiger partial charge in [-0.3, -0.25) is 5.32 Å². The van der Waals surface area contributed by atoms with Crippen LogP contribution in [-0.2, 0) is 4.74 Å². The fourth-order valence-corrected chi connectivity index (χ4v) is 1.10. The van der Waals surface area contributed by atoms with Gasteiger partial charge in [-0.1, -0.05) is 19.8 Å². The number of ether oxygens (including phenoxy) is 1. The number of unbranched alkanes of at least 4 members (excludes halogenated alkanes) is 2. The first-order valence-corrected chi connectivity index (χ1v) is 5.01. The molecule has 16 heavy (non-hydrogen) atoms. The van der Waals surface area contributed by atoms with Gasteiger partial charge in [-0.15, -0.1) is 0 Å². The van der Waals surface area contributed by atoms with E-state index in [1.165, 1.54) is 6.26 Å². The number of nitrogens with one attached hydrogen (secondary N) is 2. The maximum Gasteiger partial charge on any atom is 0.325 e. The Bertz CT molecular complexity index is 274. The highest BCUT2D eigenvalue weighted by atomic mass is 16.5. The zero-order valence-electron chi connectivity index (χ0n) is 9.16. The van der Waals surface area contributed by atoms with Crippen LogP contribution < -0.4 is 16.4 Å². The number of hydrogen-bond acceptors (Lipinski definition) is 4. The third kappa shape index (κ3) is 7.44. The highest BCUT2D eigenvalue weighted by Gasteiger charge is 2.13. The molecule has 7 nitrogen and oxygen atoms in total. The Balaban J connectivity index is 3.96. The first-order chi connectivity index (χ1) is 7.60. The summed E-state index contributed by atoms with van der Waals surface area (Å²) in [5.74, 6) is 0. The van der Waals surface area contributed by atoms with Crippen LogP contribution in [0.5, 0.6) is 0 Å². The summed E-state index contributed by atoms with van der Waals surface area (Å²) >= 11 is 0. The molecule has 90 valence electrons. The summed E-state index contributed by atoms with van der Waals surface area (Å²) < 4.78 is 4.62. The number of urea groups is 2. The lowest BCUT2D eigenvalue weighted by Gasteiger charge is -2.15. The molecule has 4 N–H and O–H groups in total. The molecule has 1 unspecified atom stereocenters. The average Bonchev–Trinajstić information content (AvgIpc) is 2.16. The van der Waals surface area contributed by atoms with Crippen LogP contribution >= 0.6 is 0 Å². The molecule has 0 radical (unpaired) electrons. The van der Waals surface area contributed by atoms with E-state index in [-0.39, 0.29) is 0 Å². The molecule has 7 heteroatoms. The quantitative estimate of drug-likeness (QED) is 0.353. The van der Waals surface area contributed by atoms with Crippen molar-refractivity contribution in [3.63, 3.8) is 0 Å². The Hall–Kier alpha value is -1.97. The number of carbonyl (C=O) groups is 2. The van der Waals surface area contributed by atoms with Crippen LogP contribution in [0.1, 0.15) is 32.6 Å². The summed E-state index contributed by atoms with van der Waals surface area (Å²) in [6.07, 6.45) is 4.09. The second-order valence-electron chi connectivity index (χ2n) is 3.16. The number of amides is 4. The molecule has 0 aliphatic carbocycles. The van der Waals surface area contributed by atoms with Crippen molar-refractivity contribution in [3.8, 4) is 6.26 Å². The summed E-state index contributed by atoms with van der Waals surface area (Å²) in [5.41, 5.74) is 4.75. The fourth-order valence-electron chi connectivity index (χ4n) is 1.10. The van der Waals surface area contributed by atoms with Crippen LogP contribution in [0, 0.1) is 11.5 Å². The molecule has 0 aromatic rings. The third-order valence-electron chi connectivity index (χ3n) is 1.79. The third-order valence-corrected chi connectivity index (χ3v) is 1.79. The topological polar surface area (TPSA) is 117 Å². The van der Waals surface area contributed by atoms with Crippen molar-refractivity contribution in [2.45, 2.75) is 38.8 Å². The average molecular weight is 228 g/mol. The number of nitriles is 1. The van der Waals surface area contributed by atoms with Gasteiger partial charge >= 0.3 is 12.1 Å². The van der Waals surface area contributed by atoms with Crippen molar-refractivity contribution < 1.29 is 14.3 Å². The van der Waals surface area contributed by atoms with Crippen molar-refractivity contribution in [2.24, 2.45) is 5.73 Å². The van der Waals surface area contributed by atoms with Crippen LogP contribution in [-0.4, -0.2) is 18.3 Å². The standard InChI is InChI=1S/C9H16N4O3/c1-2-3-4-5-7(16-6-10)12-9(15)13-8(11)14/h7H,2-5H2,1H3,(H4,11,12,13,14,15). The van der Waals surface area contributed by atoms with E-state index in [4.69, 9.17) is 11.0 Å². The second-order valence-corrected chi connectivity index (χ2v) is 3.16. The van der Waals surface area contributed by atoms with Gasteiger partial charge in [-0.25, -0.2) is 9.59 Å². The predicted molar refractivity (Wildman–Crippen MR) is 55.9 cm³/mol. The molecule has 0 bridgehead atoms. The Morgan fingerprint density at radius 3 is 2.69 bits per heavy atom. The van der Waals surface area contributed by atoms with Gasteiger partial charge in [0.25, 0.3) is 6.26 Å². The SMILES string of the molecule is CCCCCC(NC(=O)NC(N)=O)OC#N. The molecule has 4 amide bonds. The number of hydrogen-bond donors (Lipinski definition) is 3. The lowest BCUT2D eigenvalue weighted by atomic mass is 10.2. The highest BCUT2D eigenvalue weighted by molar-refractivity contribution is 5.92. The van der Waals surface area contributed by atoms with Gasteiger partial charge in [0.2, 0.25) is 0 Å². The Morgan fingerprint density at radius 1 is 1.50 bits per heavy atom. The van der Waals surface area contributed by atoms with Crippen molar-refractivity contribution >= 4 is 12.1 Å². The van der Waals surface area contributed by atoms with Crippen LogP contribution in [0.25, 0.3) is 0 Å². The zero-order valence-corrected chi connectivity index (χ0v) is 9.16. The van der Waals surface area contributed by atoms with Gasteiger partial charge in [-0.2, -0.15) is 5.26 Å². The molecule has 0 saturated heterocycles. The van der Waals surface area contributed by atoms with Gasteiger partial charge in [-0.05, 0) is 6.42 Å². The molecular weight excluding hydrogens is 212 g/mol. The smallest absolute Gasteiger partial charge is 0.325 e. The summed E-state index contributed by atoms with van der Waals surface area (Å²) in [6, 6.07) is -1.73. The zero-order chi connectivity index (χ0) is 12.4. The number of carbonyl (C=O) groups excluding carboxylic acids is 2. The van der Waals surface area contributed by atoms with E-state index in [0.717, 1.165) is 19.3 Å². The molecular formula is C9H16N4O3. The van der Waals surface area contributed by atoms with Gasteiger partial charge in [0.1, 0.15) is 0 Å². The van der Waals surface area contributed by atoms with E-state index in [9.17, 15) is 9.59 Å². The van der Waals surface area contributed by atoms with E-state index in [1.54, 1.807) is 0 Å². The summed E-state index contributed by atoms with van der Waals surface area (Å²) in [5, 5.41) is 12.5. The van der Waals surface area contributed by atoms with Crippen LogP contribution in [0.4, 0.5) is 9.59 Å². The molecule has 0 spiro atoms. The Labute approximate surface area is 93.9 Å². The molecule has 0 rings (SSSR count). The molecule has 0 heterocycles. The van der Waals surface area contributed by atoms with E-state index in [2.05, 4.69) is 10.1 Å². The summed E-state index contributed by atoms with van der Waals surface area (Å²) in [4.78, 5) is 21.4. The number of nitrogens with zero attached hydrogens (tertiary/aromatic N) is 1. The minimum Gasteiger partial charge on any atom is -0.402 e. The normalized spacial score (nSPS) is 11.0. The predicted octanol–water partition coefficient (Wildman–Crippen LogP) is 0.768. The van der Waals surface area contributed by atoms with Crippen molar-refractivity contribution in [1.29, 1.82) is 5.26 Å². The van der Waals surface area contributed by atoms with Crippen LogP contribution in [0.3, 0.4) is 0 Å². The van der Waals surface area contributed by atoms with Gasteiger partial charge in [0.15, 0.2) is 6.23 Å². The first kappa shape index (κ1) is 14.0. The monoisotopic (exact) mass is 228 g/mol. The van der Waals surface area contributed by atoms with Gasteiger partial charge < -0.3 is 15.8 Å². The van der Waals surface area contributed by atoms with Gasteiger partial charge in [0, 0.05) is 6.42 Å². The number of nitrogens with two attached hydrogens (primary N) is 1. The number of imide groups is 1. The fraction of sp³-hybridized carbons (Fsp3) is 0.667. The summed E-state index contributed by atoms with van der Waals surface area (Å²) in [7, 11) is 0. The van der Waals surface area contributed by atoms with Crippen molar-refractivity contribution in [1.82, 2.24) is 10.6 Å². The molecule has 0 aliphatic heterocycles. The van der Waals surface area contributed by atoms with Crippen molar-refractivity contribution in [3.05, 3.63) is 0 Å². The molecule has 0 aliphatic rings. The van der Waals surface area contributed by atoms with E-state index < -0.39 is 18.3 Å². The lowest BCUT2D eigenvalue weighted by molar-refractivity contribution is 0.121. The Morgan fingerprint density at radius 2 is 2.19 bits per heavy atom.